The van der Waals surface area contributed by atoms with E-state index in [0.29, 0.717) is 5.69 Å². The average molecular weight is 438 g/mol. The normalized spacial score (nSPS) is 14.4. The highest BCUT2D eigenvalue weighted by Crippen LogP contribution is 2.28. The van der Waals surface area contributed by atoms with Gasteiger partial charge in [0.05, 0.1) is 11.4 Å². The van der Waals surface area contributed by atoms with Crippen LogP contribution in [0.5, 0.6) is 0 Å². The third kappa shape index (κ3) is 4.86. The highest BCUT2D eigenvalue weighted by molar-refractivity contribution is 6.12. The van der Waals surface area contributed by atoms with E-state index in [9.17, 15) is 4.79 Å². The lowest BCUT2D eigenvalue weighted by molar-refractivity contribution is 0.102. The van der Waals surface area contributed by atoms with Crippen molar-refractivity contribution in [2.75, 3.05) is 42.9 Å². The number of rotatable bonds is 6. The second kappa shape index (κ2) is 9.79. The Labute approximate surface area is 193 Å². The quantitative estimate of drug-likeness (QED) is 0.489. The smallest absolute Gasteiger partial charge is 0.274 e. The molecule has 1 N–H and O–H groups in total. The maximum atomic E-state index is 13.1. The van der Waals surface area contributed by atoms with E-state index < -0.39 is 0 Å². The van der Waals surface area contributed by atoms with Crippen molar-refractivity contribution in [1.82, 2.24) is 14.9 Å². The fourth-order valence-corrected chi connectivity index (χ4v) is 4.39. The van der Waals surface area contributed by atoms with Crippen LogP contribution in [0.2, 0.25) is 0 Å². The van der Waals surface area contributed by atoms with Gasteiger partial charge in [-0.05, 0) is 47.7 Å². The molecule has 1 aliphatic heterocycles. The summed E-state index contributed by atoms with van der Waals surface area (Å²) in [7, 11) is 0. The minimum Gasteiger partial charge on any atom is -0.367 e. The van der Waals surface area contributed by atoms with Crippen LogP contribution in [-0.2, 0) is 6.42 Å². The minimum absolute atomic E-state index is 0.185. The molecule has 5 rings (SSSR count). The van der Waals surface area contributed by atoms with Crippen molar-refractivity contribution < 1.29 is 4.79 Å². The molecule has 0 atom stereocenters. The van der Waals surface area contributed by atoms with Crippen LogP contribution >= 0.6 is 0 Å². The number of para-hydroxylation sites is 2. The molecule has 0 spiro atoms. The number of amides is 1. The molecule has 1 saturated heterocycles. The van der Waals surface area contributed by atoms with Crippen molar-refractivity contribution in [2.45, 2.75) is 6.42 Å². The van der Waals surface area contributed by atoms with Crippen LogP contribution in [0.4, 0.5) is 11.4 Å². The first-order valence-electron chi connectivity index (χ1n) is 11.4. The fraction of sp³-hybridized carbons (Fsp3) is 0.222. The number of carbonyl (C=O) groups is 1. The van der Waals surface area contributed by atoms with Gasteiger partial charge >= 0.3 is 0 Å². The number of pyridine rings is 2. The molecule has 1 amide bonds. The van der Waals surface area contributed by atoms with Crippen molar-refractivity contribution in [3.63, 3.8) is 0 Å². The van der Waals surface area contributed by atoms with E-state index in [1.807, 2.05) is 60.9 Å². The molecule has 6 heteroatoms. The third-order valence-electron chi connectivity index (χ3n) is 6.22. The Balaban J connectivity index is 1.25. The van der Waals surface area contributed by atoms with Crippen LogP contribution in [0, 0.1) is 0 Å². The number of fused-ring (bicyclic) bond motifs is 1. The van der Waals surface area contributed by atoms with Gasteiger partial charge in [-0.25, -0.2) is 0 Å². The van der Waals surface area contributed by atoms with E-state index >= 15 is 0 Å². The number of hydrogen-bond donors (Lipinski definition) is 1. The SMILES string of the molecule is O=C(Nc1ccccc1N1CCN(CCc2ccncc2)CC1)c1nccc2ccccc12. The van der Waals surface area contributed by atoms with Gasteiger partial charge in [0.15, 0.2) is 0 Å². The van der Waals surface area contributed by atoms with E-state index in [1.54, 1.807) is 6.20 Å². The molecular weight excluding hydrogens is 410 g/mol. The summed E-state index contributed by atoms with van der Waals surface area (Å²) in [6.45, 7) is 4.89. The van der Waals surface area contributed by atoms with Gasteiger partial charge in [0.25, 0.3) is 5.91 Å². The number of carbonyl (C=O) groups excluding carboxylic acids is 1. The summed E-state index contributed by atoms with van der Waals surface area (Å²) in [5.41, 5.74) is 3.65. The minimum atomic E-state index is -0.185. The maximum absolute atomic E-state index is 13.1. The van der Waals surface area contributed by atoms with Gasteiger partial charge in [0, 0.05) is 56.7 Å². The zero-order chi connectivity index (χ0) is 22.5. The topological polar surface area (TPSA) is 61.4 Å². The average Bonchev–Trinajstić information content (AvgIpc) is 2.88. The number of nitrogens with one attached hydrogen (secondary N) is 1. The first kappa shape index (κ1) is 21.1. The summed E-state index contributed by atoms with van der Waals surface area (Å²) < 4.78 is 0. The molecule has 2 aromatic heterocycles. The molecule has 4 aromatic rings. The largest absolute Gasteiger partial charge is 0.367 e. The number of nitrogens with zero attached hydrogens (tertiary/aromatic N) is 4. The molecule has 1 aliphatic rings. The molecule has 6 nitrogen and oxygen atoms in total. The predicted octanol–water partition coefficient (Wildman–Crippen LogP) is 4.25. The third-order valence-corrected chi connectivity index (χ3v) is 6.22. The van der Waals surface area contributed by atoms with Crippen molar-refractivity contribution >= 4 is 28.1 Å². The summed E-state index contributed by atoms with van der Waals surface area (Å²) in [6.07, 6.45) is 6.43. The van der Waals surface area contributed by atoms with Crippen LogP contribution in [0.15, 0.2) is 85.3 Å². The van der Waals surface area contributed by atoms with Crippen molar-refractivity contribution in [3.8, 4) is 0 Å². The first-order valence-corrected chi connectivity index (χ1v) is 11.4. The van der Waals surface area contributed by atoms with E-state index in [4.69, 9.17) is 0 Å². The lowest BCUT2D eigenvalue weighted by Crippen LogP contribution is -2.47. The maximum Gasteiger partial charge on any atom is 0.274 e. The van der Waals surface area contributed by atoms with Crippen LogP contribution in [0.25, 0.3) is 10.8 Å². The lowest BCUT2D eigenvalue weighted by atomic mass is 10.1. The first-order chi connectivity index (χ1) is 16.3. The van der Waals surface area contributed by atoms with Gasteiger partial charge < -0.3 is 10.2 Å². The van der Waals surface area contributed by atoms with E-state index in [0.717, 1.165) is 61.3 Å². The van der Waals surface area contributed by atoms with Crippen LogP contribution < -0.4 is 10.2 Å². The Morgan fingerprint density at radius 1 is 0.848 bits per heavy atom. The highest BCUT2D eigenvalue weighted by Gasteiger charge is 2.20. The van der Waals surface area contributed by atoms with Crippen molar-refractivity contribution in [2.24, 2.45) is 0 Å². The Morgan fingerprint density at radius 2 is 1.61 bits per heavy atom. The van der Waals surface area contributed by atoms with Gasteiger partial charge in [-0.3, -0.25) is 19.7 Å². The molecule has 3 heterocycles. The second-order valence-corrected chi connectivity index (χ2v) is 8.29. The van der Waals surface area contributed by atoms with Gasteiger partial charge in [-0.15, -0.1) is 0 Å². The molecule has 1 fully saturated rings. The molecule has 2 aromatic carbocycles. The summed E-state index contributed by atoms with van der Waals surface area (Å²) >= 11 is 0. The molecule has 0 aliphatic carbocycles. The van der Waals surface area contributed by atoms with Gasteiger partial charge in [0.2, 0.25) is 0 Å². The second-order valence-electron chi connectivity index (χ2n) is 8.29. The number of aromatic nitrogens is 2. The zero-order valence-corrected chi connectivity index (χ0v) is 18.5. The Kier molecular flexibility index (Phi) is 6.26. The summed E-state index contributed by atoms with van der Waals surface area (Å²) in [6, 6.07) is 22.0. The van der Waals surface area contributed by atoms with Gasteiger partial charge in [0.1, 0.15) is 5.69 Å². The Bertz CT molecular complexity index is 1230. The van der Waals surface area contributed by atoms with Crippen molar-refractivity contribution in [3.05, 3.63) is 96.6 Å². The number of piperazine rings is 1. The molecule has 33 heavy (non-hydrogen) atoms. The zero-order valence-electron chi connectivity index (χ0n) is 18.5. The standard InChI is InChI=1S/C27H27N5O/c33-27(26-23-6-2-1-5-22(23)11-15-29-26)30-24-7-3-4-8-25(24)32-19-17-31(18-20-32)16-12-21-9-13-28-14-10-21/h1-11,13-15H,12,16-20H2,(H,30,33). The van der Waals surface area contributed by atoms with Crippen LogP contribution in [0.3, 0.4) is 0 Å². The van der Waals surface area contributed by atoms with Crippen LogP contribution in [-0.4, -0.2) is 53.5 Å². The molecule has 0 radical (unpaired) electrons. The fourth-order valence-electron chi connectivity index (χ4n) is 4.39. The van der Waals surface area contributed by atoms with E-state index in [-0.39, 0.29) is 5.91 Å². The van der Waals surface area contributed by atoms with Crippen molar-refractivity contribution in [1.29, 1.82) is 0 Å². The molecule has 0 bridgehead atoms. The number of anilines is 2. The number of benzene rings is 2. The molecular formula is C27H27N5O. The summed E-state index contributed by atoms with van der Waals surface area (Å²) in [5, 5.41) is 4.98. The number of hydrogen-bond acceptors (Lipinski definition) is 5. The molecule has 0 unspecified atom stereocenters. The molecule has 166 valence electrons. The predicted molar refractivity (Wildman–Crippen MR) is 133 cm³/mol. The van der Waals surface area contributed by atoms with Gasteiger partial charge in [-0.2, -0.15) is 0 Å². The monoisotopic (exact) mass is 437 g/mol. The summed E-state index contributed by atoms with van der Waals surface area (Å²) in [5.74, 6) is -0.185. The Morgan fingerprint density at radius 3 is 2.45 bits per heavy atom. The Hall–Kier alpha value is -3.77. The van der Waals surface area contributed by atoms with Gasteiger partial charge in [-0.1, -0.05) is 36.4 Å². The van der Waals surface area contributed by atoms with E-state index in [2.05, 4.69) is 43.3 Å². The van der Waals surface area contributed by atoms with E-state index in [1.165, 1.54) is 5.56 Å². The highest BCUT2D eigenvalue weighted by atomic mass is 16.1. The van der Waals surface area contributed by atoms with Crippen LogP contribution in [0.1, 0.15) is 16.1 Å². The summed E-state index contributed by atoms with van der Waals surface area (Å²) in [4.78, 5) is 26.4. The molecule has 0 saturated carbocycles. The lowest BCUT2D eigenvalue weighted by Gasteiger charge is -2.37.